The number of hydrogen-bond donors (Lipinski definition) is 6. The van der Waals surface area contributed by atoms with E-state index in [1.165, 1.54) is 24.3 Å². The van der Waals surface area contributed by atoms with Crippen molar-refractivity contribution in [2.75, 3.05) is 22.1 Å². The van der Waals surface area contributed by atoms with Gasteiger partial charge >= 0.3 is 29.6 Å². The van der Waals surface area contributed by atoms with Crippen LogP contribution in [0.3, 0.4) is 0 Å². The first-order chi connectivity index (χ1) is 28.7. The van der Waals surface area contributed by atoms with Gasteiger partial charge in [0, 0.05) is 33.6 Å². The maximum absolute atomic E-state index is 13.9. The minimum atomic E-state index is -4.92. The Kier molecular flexibility index (Phi) is 11.2. The monoisotopic (exact) mass is 879 g/mol. The van der Waals surface area contributed by atoms with E-state index in [1.54, 1.807) is 24.3 Å². The number of nitrogens with one attached hydrogen (secondary N) is 2. The molecule has 0 spiro atoms. The van der Waals surface area contributed by atoms with Crippen LogP contribution >= 0.6 is 0 Å². The Morgan fingerprint density at radius 2 is 0.758 bits per heavy atom. The first-order valence-corrected chi connectivity index (χ1v) is 21.5. The second-order valence-electron chi connectivity index (χ2n) is 15.2. The molecule has 17 heteroatoms. The topological polar surface area (TPSA) is 253 Å². The van der Waals surface area contributed by atoms with Crippen molar-refractivity contribution in [3.63, 3.8) is 0 Å². The number of anilines is 6. The molecular weight excluding hydrogens is 844 g/mol. The Morgan fingerprint density at radius 3 is 1.03 bits per heavy atom. The number of nitrogens with two attached hydrogens (primary N) is 2. The largest absolute Gasteiger partial charge is 1.00 e. The maximum atomic E-state index is 13.9. The number of hydrogen-bond acceptors (Lipinski definition) is 12. The molecule has 0 heterocycles. The summed E-state index contributed by atoms with van der Waals surface area (Å²) in [5.74, 6) is -2.40. The van der Waals surface area contributed by atoms with Crippen LogP contribution in [-0.4, -0.2) is 49.1 Å². The molecule has 0 unspecified atom stereocenters. The van der Waals surface area contributed by atoms with Gasteiger partial charge in [-0.3, -0.25) is 28.3 Å². The van der Waals surface area contributed by atoms with Crippen molar-refractivity contribution in [3.8, 4) is 0 Å². The molecule has 14 nitrogen and oxygen atoms in total. The number of ketones is 4. The zero-order valence-electron chi connectivity index (χ0n) is 33.9. The molecule has 62 heavy (non-hydrogen) atoms. The summed E-state index contributed by atoms with van der Waals surface area (Å²) in [4.78, 5) is 53.6. The summed E-state index contributed by atoms with van der Waals surface area (Å²) in [6.45, 7) is 7.26. The average molecular weight is 880 g/mol. The molecule has 0 aromatic heterocycles. The number of aryl methyl sites for hydroxylation is 4. The van der Waals surface area contributed by atoms with Crippen LogP contribution in [0.25, 0.3) is 0 Å². The van der Waals surface area contributed by atoms with E-state index in [0.717, 1.165) is 23.3 Å². The minimum Gasteiger partial charge on any atom is -0.397 e. The Balaban J connectivity index is 0.00000578. The summed E-state index contributed by atoms with van der Waals surface area (Å²) in [7, 11) is -9.84. The second kappa shape index (κ2) is 15.7. The van der Waals surface area contributed by atoms with Crippen LogP contribution in [0.15, 0.2) is 94.7 Å². The standard InChI is InChI=1S/C45H36N4O10S2.Na/c1-20-13-24(14-21(2)40(20)48-30-18-32(60(54,55)56)38(46)36-34(30)42(50)26-9-5-7-11-28(26)44(36)52)17-25-15-22(3)41(23(4)16-25)49-31-19-33(61(57,58)59)39(47)37-35(31)43(51)27-10-6-8-12-29(27)45(37)53;/h5-16,18-19,48-49H,17,46-47H2,1-4H3,(H,54,55,56)(H,57,58,59);/q;+1. The molecule has 2 aliphatic carbocycles. The quantitative estimate of drug-likeness (QED) is 0.0711. The van der Waals surface area contributed by atoms with Gasteiger partial charge in [0.05, 0.1) is 45.0 Å². The van der Waals surface area contributed by atoms with Crippen molar-refractivity contribution < 1.29 is 74.7 Å². The van der Waals surface area contributed by atoms with Crippen LogP contribution in [-0.2, 0) is 26.7 Å². The van der Waals surface area contributed by atoms with Gasteiger partial charge < -0.3 is 22.1 Å². The molecule has 0 bridgehead atoms. The van der Waals surface area contributed by atoms with Crippen LogP contribution in [0.5, 0.6) is 0 Å². The number of carbonyl (C=O) groups excluding carboxylic acids is 4. The molecule has 0 aliphatic heterocycles. The third-order valence-corrected chi connectivity index (χ3v) is 12.9. The Morgan fingerprint density at radius 1 is 0.484 bits per heavy atom. The molecule has 0 saturated heterocycles. The van der Waals surface area contributed by atoms with Gasteiger partial charge in [-0.1, -0.05) is 72.8 Å². The molecule has 308 valence electrons. The van der Waals surface area contributed by atoms with E-state index in [-0.39, 0.29) is 85.4 Å². The predicted molar refractivity (Wildman–Crippen MR) is 229 cm³/mol. The minimum absolute atomic E-state index is 0. The third-order valence-electron chi connectivity index (χ3n) is 11.1. The summed E-state index contributed by atoms with van der Waals surface area (Å²) in [5.41, 5.74) is 16.3. The van der Waals surface area contributed by atoms with Gasteiger partial charge in [-0.15, -0.1) is 0 Å². The van der Waals surface area contributed by atoms with Gasteiger partial charge in [0.15, 0.2) is 23.1 Å². The number of fused-ring (bicyclic) bond motifs is 4. The van der Waals surface area contributed by atoms with Gasteiger partial charge in [-0.05, 0) is 79.6 Å². The van der Waals surface area contributed by atoms with Crippen molar-refractivity contribution in [1.82, 2.24) is 0 Å². The van der Waals surface area contributed by atoms with Crippen molar-refractivity contribution >= 4 is 77.5 Å². The first kappa shape index (κ1) is 44.1. The molecule has 8 N–H and O–H groups in total. The Hall–Kier alpha value is -5.98. The van der Waals surface area contributed by atoms with Crippen molar-refractivity contribution in [2.24, 2.45) is 0 Å². The average Bonchev–Trinajstić information content (AvgIpc) is 3.18. The van der Waals surface area contributed by atoms with E-state index in [4.69, 9.17) is 11.5 Å². The summed E-state index contributed by atoms with van der Waals surface area (Å²) in [6, 6.07) is 22.0. The van der Waals surface area contributed by atoms with Crippen LogP contribution in [0, 0.1) is 27.7 Å². The third kappa shape index (κ3) is 7.32. The Bertz CT molecular complexity index is 3010. The second-order valence-corrected chi connectivity index (χ2v) is 17.9. The number of carbonyl (C=O) groups is 4. The molecule has 0 fully saturated rings. The zero-order valence-corrected chi connectivity index (χ0v) is 37.6. The van der Waals surface area contributed by atoms with Crippen molar-refractivity contribution in [3.05, 3.63) is 163 Å². The molecule has 8 rings (SSSR count). The predicted octanol–water partition coefficient (Wildman–Crippen LogP) is 4.21. The van der Waals surface area contributed by atoms with Crippen LogP contribution in [0.4, 0.5) is 34.1 Å². The van der Waals surface area contributed by atoms with Crippen LogP contribution < -0.4 is 51.7 Å². The van der Waals surface area contributed by atoms with E-state index < -0.39 is 64.5 Å². The molecular formula is C45H36N4NaO10S2+. The summed E-state index contributed by atoms with van der Waals surface area (Å²) in [5, 5.41) is 6.32. The van der Waals surface area contributed by atoms with E-state index >= 15 is 0 Å². The van der Waals surface area contributed by atoms with Crippen LogP contribution in [0.2, 0.25) is 0 Å². The first-order valence-electron chi connectivity index (χ1n) is 18.7. The van der Waals surface area contributed by atoms with E-state index in [1.807, 2.05) is 52.0 Å². The molecule has 0 amide bonds. The van der Waals surface area contributed by atoms with E-state index in [9.17, 15) is 45.1 Å². The fourth-order valence-corrected chi connectivity index (χ4v) is 9.71. The van der Waals surface area contributed by atoms with Gasteiger partial charge in [-0.2, -0.15) is 16.8 Å². The van der Waals surface area contributed by atoms with Gasteiger partial charge in [0.1, 0.15) is 9.79 Å². The van der Waals surface area contributed by atoms with Crippen LogP contribution in [0.1, 0.15) is 97.1 Å². The summed E-state index contributed by atoms with van der Waals surface area (Å²) >= 11 is 0. The molecule has 0 atom stereocenters. The molecule has 6 aromatic rings. The fraction of sp³-hybridized carbons (Fsp3) is 0.111. The smallest absolute Gasteiger partial charge is 0.397 e. The fourth-order valence-electron chi connectivity index (χ4n) is 8.42. The zero-order chi connectivity index (χ0) is 44.0. The SMILES string of the molecule is Cc1cc(Cc2cc(C)c(Nc3cc(S(=O)(=O)O)c(N)c4c3C(=O)c3ccccc3C4=O)c(C)c2)cc(C)c1Nc1cc(S(=O)(=O)O)c(N)c2c1C(=O)c1ccccc1C2=O.[Na+]. The van der Waals surface area contributed by atoms with Gasteiger partial charge in [0.2, 0.25) is 0 Å². The molecule has 2 aliphatic rings. The summed E-state index contributed by atoms with van der Waals surface area (Å²) < 4.78 is 70.0. The Labute approximate surface area is 378 Å². The van der Waals surface area contributed by atoms with Crippen molar-refractivity contribution in [2.45, 2.75) is 43.9 Å². The van der Waals surface area contributed by atoms with Crippen molar-refractivity contribution in [1.29, 1.82) is 0 Å². The molecule has 0 saturated carbocycles. The maximum Gasteiger partial charge on any atom is 1.00 e. The normalized spacial score (nSPS) is 13.1. The van der Waals surface area contributed by atoms with E-state index in [2.05, 4.69) is 10.6 Å². The van der Waals surface area contributed by atoms with E-state index in [0.29, 0.717) is 40.0 Å². The molecule has 6 aromatic carbocycles. The van der Waals surface area contributed by atoms with Gasteiger partial charge in [-0.25, -0.2) is 0 Å². The number of rotatable bonds is 8. The molecule has 0 radical (unpaired) electrons. The number of nitrogen functional groups attached to an aromatic ring is 2. The van der Waals surface area contributed by atoms with Gasteiger partial charge in [0.25, 0.3) is 20.2 Å². The number of benzene rings is 6. The summed E-state index contributed by atoms with van der Waals surface area (Å²) in [6.07, 6.45) is 0.436.